The molecule has 0 unspecified atom stereocenters. The Morgan fingerprint density at radius 2 is 1.82 bits per heavy atom. The Bertz CT molecular complexity index is 1180. The topological polar surface area (TPSA) is 59.9 Å². The third-order valence-corrected chi connectivity index (χ3v) is 4.38. The Kier molecular flexibility index (Phi) is 4.57. The molecule has 0 amide bonds. The zero-order valence-electron chi connectivity index (χ0n) is 15.2. The zero-order chi connectivity index (χ0) is 19.7. The van der Waals surface area contributed by atoms with E-state index in [9.17, 15) is 8.78 Å². The van der Waals surface area contributed by atoms with Crippen molar-refractivity contribution in [1.82, 2.24) is 15.0 Å². The first-order chi connectivity index (χ1) is 13.6. The van der Waals surface area contributed by atoms with Crippen LogP contribution in [0.1, 0.15) is 0 Å². The Morgan fingerprint density at radius 1 is 0.964 bits per heavy atom. The molecule has 0 saturated heterocycles. The maximum Gasteiger partial charge on any atom is 0.224 e. The lowest BCUT2D eigenvalue weighted by molar-refractivity contribution is 0.399. The lowest BCUT2D eigenvalue weighted by Crippen LogP contribution is -2.01. The van der Waals surface area contributed by atoms with E-state index in [0.29, 0.717) is 34.2 Å². The Balaban J connectivity index is 1.94. The molecule has 0 bridgehead atoms. The Hall–Kier alpha value is -3.61. The Morgan fingerprint density at radius 3 is 2.61 bits per heavy atom. The number of ether oxygens (including phenoxy) is 1. The molecule has 0 aliphatic rings. The van der Waals surface area contributed by atoms with E-state index in [1.54, 1.807) is 37.5 Å². The molecule has 0 aliphatic carbocycles. The molecule has 0 aliphatic heterocycles. The summed E-state index contributed by atoms with van der Waals surface area (Å²) in [5, 5.41) is 3.81. The number of nitrogens with zero attached hydrogens (tertiary/aromatic N) is 3. The molecular formula is C21H16F2N4O. The quantitative estimate of drug-likeness (QED) is 0.558. The molecule has 2 heterocycles. The maximum atomic E-state index is 14.2. The minimum absolute atomic E-state index is 0.173. The molecule has 140 valence electrons. The van der Waals surface area contributed by atoms with Crippen LogP contribution < -0.4 is 10.1 Å². The van der Waals surface area contributed by atoms with Gasteiger partial charge in [0.25, 0.3) is 0 Å². The van der Waals surface area contributed by atoms with Gasteiger partial charge in [-0.3, -0.25) is 0 Å². The first kappa shape index (κ1) is 17.8. The monoisotopic (exact) mass is 378 g/mol. The van der Waals surface area contributed by atoms with Crippen LogP contribution in [0.5, 0.6) is 5.88 Å². The van der Waals surface area contributed by atoms with Crippen molar-refractivity contribution in [1.29, 1.82) is 0 Å². The molecule has 0 spiro atoms. The number of halogens is 2. The number of rotatable bonds is 4. The molecule has 4 aromatic rings. The summed E-state index contributed by atoms with van der Waals surface area (Å²) in [5.74, 6) is 0.417. The standard InChI is InChI=1S/C21H16F2N4O/c1-24-19-14-7-5-12(16-11-13(22)6-8-17(16)23)10-18(14)26-20(27-19)15-4-3-9-25-21(15)28-2/h3-11H,1-2H3,(H,24,26,27). The van der Waals surface area contributed by atoms with Crippen LogP contribution in [-0.2, 0) is 0 Å². The highest BCUT2D eigenvalue weighted by molar-refractivity contribution is 5.93. The Labute approximate surface area is 160 Å². The summed E-state index contributed by atoms with van der Waals surface area (Å²) in [7, 11) is 3.28. The number of hydrogen-bond acceptors (Lipinski definition) is 5. The van der Waals surface area contributed by atoms with Crippen molar-refractivity contribution in [3.8, 4) is 28.4 Å². The molecule has 0 atom stereocenters. The highest BCUT2D eigenvalue weighted by Crippen LogP contribution is 2.32. The second-order valence-electron chi connectivity index (χ2n) is 6.06. The van der Waals surface area contributed by atoms with E-state index in [-0.39, 0.29) is 5.56 Å². The van der Waals surface area contributed by atoms with E-state index in [4.69, 9.17) is 4.74 Å². The van der Waals surface area contributed by atoms with Crippen molar-refractivity contribution in [2.24, 2.45) is 0 Å². The fourth-order valence-electron chi connectivity index (χ4n) is 3.05. The molecule has 5 nitrogen and oxygen atoms in total. The van der Waals surface area contributed by atoms with Crippen molar-refractivity contribution < 1.29 is 13.5 Å². The van der Waals surface area contributed by atoms with Crippen LogP contribution in [-0.4, -0.2) is 29.1 Å². The number of anilines is 1. The van der Waals surface area contributed by atoms with E-state index in [1.165, 1.54) is 13.2 Å². The number of methoxy groups -OCH3 is 1. The molecule has 0 saturated carbocycles. The van der Waals surface area contributed by atoms with Crippen LogP contribution in [0, 0.1) is 11.6 Å². The molecule has 0 radical (unpaired) electrons. The van der Waals surface area contributed by atoms with Crippen molar-refractivity contribution in [2.45, 2.75) is 0 Å². The molecular weight excluding hydrogens is 362 g/mol. The molecule has 28 heavy (non-hydrogen) atoms. The second kappa shape index (κ2) is 7.19. The lowest BCUT2D eigenvalue weighted by Gasteiger charge is -2.11. The number of fused-ring (bicyclic) bond motifs is 1. The van der Waals surface area contributed by atoms with Crippen LogP contribution in [0.15, 0.2) is 54.7 Å². The SMILES string of the molecule is CNc1nc(-c2cccnc2OC)nc2cc(-c3cc(F)ccc3F)ccc12. The summed E-state index contributed by atoms with van der Waals surface area (Å²) < 4.78 is 33.1. The largest absolute Gasteiger partial charge is 0.480 e. The summed E-state index contributed by atoms with van der Waals surface area (Å²) >= 11 is 0. The number of nitrogens with one attached hydrogen (secondary N) is 1. The number of hydrogen-bond donors (Lipinski definition) is 1. The first-order valence-corrected chi connectivity index (χ1v) is 8.55. The summed E-state index contributed by atoms with van der Waals surface area (Å²) in [6.45, 7) is 0. The molecule has 4 rings (SSSR count). The van der Waals surface area contributed by atoms with Gasteiger partial charge in [-0.2, -0.15) is 0 Å². The molecule has 2 aromatic carbocycles. The number of aromatic nitrogens is 3. The average Bonchev–Trinajstić information content (AvgIpc) is 2.74. The van der Waals surface area contributed by atoms with Crippen molar-refractivity contribution >= 4 is 16.7 Å². The predicted octanol–water partition coefficient (Wildman–Crippen LogP) is 4.69. The highest BCUT2D eigenvalue weighted by atomic mass is 19.1. The van der Waals surface area contributed by atoms with E-state index in [2.05, 4.69) is 20.3 Å². The van der Waals surface area contributed by atoms with Gasteiger partial charge in [0.05, 0.1) is 18.2 Å². The van der Waals surface area contributed by atoms with Gasteiger partial charge < -0.3 is 10.1 Å². The molecule has 0 fully saturated rings. The summed E-state index contributed by atoms with van der Waals surface area (Å²) in [6, 6.07) is 12.2. The van der Waals surface area contributed by atoms with Gasteiger partial charge in [0.1, 0.15) is 17.5 Å². The fourth-order valence-corrected chi connectivity index (χ4v) is 3.05. The van der Waals surface area contributed by atoms with E-state index < -0.39 is 11.6 Å². The van der Waals surface area contributed by atoms with Crippen LogP contribution in [0.2, 0.25) is 0 Å². The lowest BCUT2D eigenvalue weighted by atomic mass is 10.0. The third kappa shape index (κ3) is 3.11. The van der Waals surface area contributed by atoms with Gasteiger partial charge in [-0.05, 0) is 48.0 Å². The summed E-state index contributed by atoms with van der Waals surface area (Å²) in [5.41, 5.74) is 1.91. The van der Waals surface area contributed by atoms with E-state index in [1.807, 2.05) is 6.07 Å². The van der Waals surface area contributed by atoms with Gasteiger partial charge >= 0.3 is 0 Å². The zero-order valence-corrected chi connectivity index (χ0v) is 15.2. The minimum Gasteiger partial charge on any atom is -0.480 e. The fraction of sp³-hybridized carbons (Fsp3) is 0.0952. The predicted molar refractivity (Wildman–Crippen MR) is 104 cm³/mol. The smallest absolute Gasteiger partial charge is 0.224 e. The van der Waals surface area contributed by atoms with Crippen LogP contribution in [0.4, 0.5) is 14.6 Å². The van der Waals surface area contributed by atoms with Gasteiger partial charge in [-0.1, -0.05) is 6.07 Å². The van der Waals surface area contributed by atoms with E-state index in [0.717, 1.165) is 17.5 Å². The number of pyridine rings is 1. The van der Waals surface area contributed by atoms with Crippen LogP contribution >= 0.6 is 0 Å². The van der Waals surface area contributed by atoms with Gasteiger partial charge in [0.15, 0.2) is 5.82 Å². The third-order valence-electron chi connectivity index (χ3n) is 4.38. The van der Waals surface area contributed by atoms with Gasteiger partial charge in [-0.25, -0.2) is 23.7 Å². The number of benzene rings is 2. The van der Waals surface area contributed by atoms with Crippen molar-refractivity contribution in [2.75, 3.05) is 19.5 Å². The average molecular weight is 378 g/mol. The van der Waals surface area contributed by atoms with Crippen molar-refractivity contribution in [3.05, 3.63) is 66.4 Å². The summed E-state index contributed by atoms with van der Waals surface area (Å²) in [6.07, 6.45) is 1.62. The first-order valence-electron chi connectivity index (χ1n) is 8.55. The van der Waals surface area contributed by atoms with Gasteiger partial charge in [0, 0.05) is 24.2 Å². The van der Waals surface area contributed by atoms with Gasteiger partial charge in [-0.15, -0.1) is 0 Å². The molecule has 7 heteroatoms. The minimum atomic E-state index is -0.504. The van der Waals surface area contributed by atoms with Crippen LogP contribution in [0.25, 0.3) is 33.4 Å². The van der Waals surface area contributed by atoms with Gasteiger partial charge in [0.2, 0.25) is 5.88 Å². The second-order valence-corrected chi connectivity index (χ2v) is 6.06. The molecule has 1 N–H and O–H groups in total. The van der Waals surface area contributed by atoms with Crippen molar-refractivity contribution in [3.63, 3.8) is 0 Å². The summed E-state index contributed by atoms with van der Waals surface area (Å²) in [4.78, 5) is 13.4. The molecule has 2 aromatic heterocycles. The maximum absolute atomic E-state index is 14.2. The van der Waals surface area contributed by atoms with E-state index >= 15 is 0 Å². The highest BCUT2D eigenvalue weighted by Gasteiger charge is 2.15. The van der Waals surface area contributed by atoms with Crippen LogP contribution in [0.3, 0.4) is 0 Å². The normalized spacial score (nSPS) is 10.9.